The molecule has 1 unspecified atom stereocenters. The van der Waals surface area contributed by atoms with Gasteiger partial charge in [0, 0.05) is 56.6 Å². The molecule has 6 nitrogen and oxygen atoms in total. The Hall–Kier alpha value is -2.47. The van der Waals surface area contributed by atoms with E-state index in [2.05, 4.69) is 10.3 Å². The lowest BCUT2D eigenvalue weighted by Crippen LogP contribution is -2.49. The molecular formula is C18H22N4O2. The van der Waals surface area contributed by atoms with Crippen LogP contribution in [0, 0.1) is 0 Å². The zero-order valence-electron chi connectivity index (χ0n) is 14.0. The number of aryl methyl sites for hydroxylation is 1. The monoisotopic (exact) mass is 326 g/mol. The first-order chi connectivity index (χ1) is 11.6. The van der Waals surface area contributed by atoms with Gasteiger partial charge >= 0.3 is 0 Å². The number of nitrogens with one attached hydrogen (secondary N) is 1. The second kappa shape index (κ2) is 6.97. The molecule has 126 valence electrons. The predicted molar refractivity (Wildman–Crippen MR) is 90.9 cm³/mol. The van der Waals surface area contributed by atoms with Crippen LogP contribution in [0.5, 0.6) is 0 Å². The molecule has 1 amide bonds. The van der Waals surface area contributed by atoms with E-state index in [0.29, 0.717) is 30.6 Å². The maximum Gasteiger partial charge on any atom is 0.254 e. The SMILES string of the molecule is CCC(=O)c1ccc(C(=O)N2CCNCC2c2nccn2C)cc1. The smallest absolute Gasteiger partial charge is 0.254 e. The van der Waals surface area contributed by atoms with Crippen LogP contribution in [-0.2, 0) is 7.05 Å². The highest BCUT2D eigenvalue weighted by Crippen LogP contribution is 2.23. The molecular weight excluding hydrogens is 304 g/mol. The van der Waals surface area contributed by atoms with Gasteiger partial charge in [0.05, 0.1) is 0 Å². The number of Topliss-reactive ketones (excluding diaryl/α,β-unsaturated/α-hetero) is 1. The molecule has 0 aliphatic carbocycles. The van der Waals surface area contributed by atoms with Gasteiger partial charge in [0.25, 0.3) is 5.91 Å². The highest BCUT2D eigenvalue weighted by Gasteiger charge is 2.31. The van der Waals surface area contributed by atoms with Crippen molar-refractivity contribution in [2.75, 3.05) is 19.6 Å². The Morgan fingerprint density at radius 3 is 2.58 bits per heavy atom. The largest absolute Gasteiger partial charge is 0.336 e. The third kappa shape index (κ3) is 3.10. The Bertz CT molecular complexity index is 736. The van der Waals surface area contributed by atoms with Crippen LogP contribution in [0.4, 0.5) is 0 Å². The number of benzene rings is 1. The van der Waals surface area contributed by atoms with Gasteiger partial charge in [-0.3, -0.25) is 9.59 Å². The Labute approximate surface area is 141 Å². The number of amides is 1. The van der Waals surface area contributed by atoms with Crippen LogP contribution in [-0.4, -0.2) is 45.8 Å². The van der Waals surface area contributed by atoms with Gasteiger partial charge in [0.1, 0.15) is 11.9 Å². The van der Waals surface area contributed by atoms with Crippen LogP contribution >= 0.6 is 0 Å². The summed E-state index contributed by atoms with van der Waals surface area (Å²) >= 11 is 0. The molecule has 2 heterocycles. The number of hydrogen-bond acceptors (Lipinski definition) is 4. The number of piperazine rings is 1. The zero-order valence-corrected chi connectivity index (χ0v) is 14.0. The minimum atomic E-state index is -0.0943. The molecule has 24 heavy (non-hydrogen) atoms. The normalized spacial score (nSPS) is 17.8. The summed E-state index contributed by atoms with van der Waals surface area (Å²) in [4.78, 5) is 30.9. The average molecular weight is 326 g/mol. The lowest BCUT2D eigenvalue weighted by atomic mass is 10.0. The van der Waals surface area contributed by atoms with Crippen molar-refractivity contribution in [1.82, 2.24) is 19.8 Å². The zero-order chi connectivity index (χ0) is 17.1. The maximum atomic E-state index is 12.9. The van der Waals surface area contributed by atoms with Gasteiger partial charge in [-0.15, -0.1) is 0 Å². The molecule has 0 bridgehead atoms. The van der Waals surface area contributed by atoms with Crippen LogP contribution in [0.15, 0.2) is 36.7 Å². The summed E-state index contributed by atoms with van der Waals surface area (Å²) in [5.74, 6) is 0.926. The molecule has 1 atom stereocenters. The molecule has 1 aliphatic heterocycles. The highest BCUT2D eigenvalue weighted by molar-refractivity contribution is 5.98. The fourth-order valence-corrected chi connectivity index (χ4v) is 3.04. The van der Waals surface area contributed by atoms with Crippen molar-refractivity contribution in [2.24, 2.45) is 7.05 Å². The van der Waals surface area contributed by atoms with Crippen LogP contribution in [0.25, 0.3) is 0 Å². The van der Waals surface area contributed by atoms with Gasteiger partial charge < -0.3 is 14.8 Å². The lowest BCUT2D eigenvalue weighted by Gasteiger charge is -2.35. The number of ketones is 1. The highest BCUT2D eigenvalue weighted by atomic mass is 16.2. The van der Waals surface area contributed by atoms with E-state index in [1.165, 1.54) is 0 Å². The van der Waals surface area contributed by atoms with Crippen molar-refractivity contribution in [3.05, 3.63) is 53.6 Å². The first kappa shape index (κ1) is 16.4. The van der Waals surface area contributed by atoms with E-state index in [9.17, 15) is 9.59 Å². The maximum absolute atomic E-state index is 12.9. The number of hydrogen-bond donors (Lipinski definition) is 1. The molecule has 1 N–H and O–H groups in total. The Balaban J connectivity index is 1.84. The van der Waals surface area contributed by atoms with E-state index >= 15 is 0 Å². The Kier molecular flexibility index (Phi) is 4.76. The number of carbonyl (C=O) groups excluding carboxylic acids is 2. The lowest BCUT2D eigenvalue weighted by molar-refractivity contribution is 0.0620. The summed E-state index contributed by atoms with van der Waals surface area (Å²) in [7, 11) is 1.94. The van der Waals surface area contributed by atoms with Crippen LogP contribution in [0.3, 0.4) is 0 Å². The molecule has 6 heteroatoms. The molecule has 1 saturated heterocycles. The van der Waals surface area contributed by atoms with Gasteiger partial charge in [0.2, 0.25) is 0 Å². The molecule has 0 spiro atoms. The predicted octanol–water partition coefficient (Wildman–Crippen LogP) is 1.80. The Morgan fingerprint density at radius 2 is 1.96 bits per heavy atom. The third-order valence-electron chi connectivity index (χ3n) is 4.44. The van der Waals surface area contributed by atoms with E-state index in [-0.39, 0.29) is 17.7 Å². The fraction of sp³-hybridized carbons (Fsp3) is 0.389. The summed E-state index contributed by atoms with van der Waals surface area (Å²) < 4.78 is 1.95. The van der Waals surface area contributed by atoms with Crippen molar-refractivity contribution in [1.29, 1.82) is 0 Å². The van der Waals surface area contributed by atoms with Gasteiger partial charge in [-0.2, -0.15) is 0 Å². The molecule has 1 aliphatic rings. The van der Waals surface area contributed by atoms with Crippen LogP contribution < -0.4 is 5.32 Å². The molecule has 1 aromatic carbocycles. The quantitative estimate of drug-likeness (QED) is 0.870. The van der Waals surface area contributed by atoms with E-state index in [1.807, 2.05) is 29.6 Å². The van der Waals surface area contributed by atoms with Gasteiger partial charge in [-0.25, -0.2) is 4.98 Å². The average Bonchev–Trinajstić information content (AvgIpc) is 3.06. The molecule has 1 fully saturated rings. The number of imidazole rings is 1. The molecule has 0 saturated carbocycles. The van der Waals surface area contributed by atoms with E-state index in [4.69, 9.17) is 0 Å². The van der Waals surface area contributed by atoms with Crippen molar-refractivity contribution in [3.8, 4) is 0 Å². The summed E-state index contributed by atoms with van der Waals surface area (Å²) in [6.45, 7) is 3.91. The second-order valence-electron chi connectivity index (χ2n) is 5.97. The molecule has 2 aromatic rings. The van der Waals surface area contributed by atoms with E-state index < -0.39 is 0 Å². The molecule has 0 radical (unpaired) electrons. The van der Waals surface area contributed by atoms with E-state index in [1.54, 1.807) is 30.5 Å². The van der Waals surface area contributed by atoms with Gasteiger partial charge in [-0.05, 0) is 12.1 Å². The first-order valence-electron chi connectivity index (χ1n) is 8.24. The van der Waals surface area contributed by atoms with Crippen molar-refractivity contribution >= 4 is 11.7 Å². The minimum absolute atomic E-state index is 0.0278. The second-order valence-corrected chi connectivity index (χ2v) is 5.97. The van der Waals surface area contributed by atoms with E-state index in [0.717, 1.165) is 12.4 Å². The standard InChI is InChI=1S/C18H22N4O2/c1-3-16(23)13-4-6-14(7-5-13)18(24)22-11-8-19-12-15(22)17-20-9-10-21(17)2/h4-7,9-10,15,19H,3,8,11-12H2,1-2H3. The number of rotatable bonds is 4. The van der Waals surface area contributed by atoms with Crippen molar-refractivity contribution in [3.63, 3.8) is 0 Å². The molecule has 1 aromatic heterocycles. The van der Waals surface area contributed by atoms with Crippen LogP contribution in [0.1, 0.15) is 45.9 Å². The molecule has 3 rings (SSSR count). The van der Waals surface area contributed by atoms with Gasteiger partial charge in [-0.1, -0.05) is 19.1 Å². The number of nitrogens with zero attached hydrogens (tertiary/aromatic N) is 3. The summed E-state index contributed by atoms with van der Waals surface area (Å²) in [6.07, 6.45) is 4.10. The number of aromatic nitrogens is 2. The third-order valence-corrected chi connectivity index (χ3v) is 4.44. The van der Waals surface area contributed by atoms with Crippen molar-refractivity contribution < 1.29 is 9.59 Å². The summed E-state index contributed by atoms with van der Waals surface area (Å²) in [5.41, 5.74) is 1.25. The van der Waals surface area contributed by atoms with Crippen molar-refractivity contribution in [2.45, 2.75) is 19.4 Å². The van der Waals surface area contributed by atoms with Gasteiger partial charge in [0.15, 0.2) is 5.78 Å². The van der Waals surface area contributed by atoms with Crippen LogP contribution in [0.2, 0.25) is 0 Å². The fourth-order valence-electron chi connectivity index (χ4n) is 3.04. The summed E-state index contributed by atoms with van der Waals surface area (Å²) in [5, 5.41) is 3.33. The number of carbonyl (C=O) groups is 2. The Morgan fingerprint density at radius 1 is 1.25 bits per heavy atom. The minimum Gasteiger partial charge on any atom is -0.336 e. The summed E-state index contributed by atoms with van der Waals surface area (Å²) in [6, 6.07) is 6.85. The first-order valence-corrected chi connectivity index (χ1v) is 8.24. The topological polar surface area (TPSA) is 67.2 Å².